The van der Waals surface area contributed by atoms with E-state index in [-0.39, 0.29) is 5.91 Å². The van der Waals surface area contributed by atoms with E-state index in [0.717, 1.165) is 0 Å². The Hall–Kier alpha value is -1.85. The van der Waals surface area contributed by atoms with Crippen molar-refractivity contribution in [3.05, 3.63) is 18.0 Å². The van der Waals surface area contributed by atoms with E-state index in [1.165, 1.54) is 12.3 Å². The summed E-state index contributed by atoms with van der Waals surface area (Å²) in [6, 6.07) is 0.821. The molecule has 6 nitrogen and oxygen atoms in total. The molecule has 1 atom stereocenters. The third kappa shape index (κ3) is 4.26. The first kappa shape index (κ1) is 13.2. The molecule has 0 aliphatic heterocycles. The number of esters is 1. The van der Waals surface area contributed by atoms with Crippen LogP contribution in [0, 0.1) is 0 Å². The molecule has 0 aliphatic rings. The van der Waals surface area contributed by atoms with Gasteiger partial charge in [-0.2, -0.15) is 5.10 Å². The summed E-state index contributed by atoms with van der Waals surface area (Å²) < 4.78 is 5.14. The maximum atomic E-state index is 11.6. The molecule has 6 heteroatoms. The van der Waals surface area contributed by atoms with Gasteiger partial charge >= 0.3 is 5.97 Å². The Labute approximate surface area is 99.7 Å². The van der Waals surface area contributed by atoms with Crippen LogP contribution in [0.2, 0.25) is 0 Å². The summed E-state index contributed by atoms with van der Waals surface area (Å²) in [6.45, 7) is 6.89. The number of nitrogens with zero attached hydrogens (tertiary/aromatic N) is 1. The van der Waals surface area contributed by atoms with Crippen molar-refractivity contribution in [3.8, 4) is 0 Å². The van der Waals surface area contributed by atoms with Crippen LogP contribution < -0.4 is 5.32 Å². The second-order valence-electron chi connectivity index (χ2n) is 4.70. The van der Waals surface area contributed by atoms with Gasteiger partial charge in [0.15, 0.2) is 0 Å². The topological polar surface area (TPSA) is 84.1 Å². The maximum Gasteiger partial charge on any atom is 0.328 e. The molecule has 0 fully saturated rings. The number of rotatable bonds is 3. The number of aromatic amines is 1. The van der Waals surface area contributed by atoms with Gasteiger partial charge in [0.2, 0.25) is 0 Å². The Morgan fingerprint density at radius 2 is 2.12 bits per heavy atom. The third-order valence-electron chi connectivity index (χ3n) is 1.85. The van der Waals surface area contributed by atoms with Crippen molar-refractivity contribution in [2.45, 2.75) is 39.3 Å². The number of hydrogen-bond acceptors (Lipinski definition) is 4. The molecule has 0 unspecified atom stereocenters. The van der Waals surface area contributed by atoms with E-state index in [9.17, 15) is 9.59 Å². The zero-order valence-corrected chi connectivity index (χ0v) is 10.4. The van der Waals surface area contributed by atoms with Gasteiger partial charge in [-0.1, -0.05) is 0 Å². The van der Waals surface area contributed by atoms with Crippen LogP contribution in [0.1, 0.15) is 38.2 Å². The molecule has 0 aromatic carbocycles. The molecule has 17 heavy (non-hydrogen) atoms. The number of hydrogen-bond donors (Lipinski definition) is 2. The first-order valence-electron chi connectivity index (χ1n) is 5.33. The molecular weight excluding hydrogens is 222 g/mol. The van der Waals surface area contributed by atoms with Crippen LogP contribution in [0.3, 0.4) is 0 Å². The van der Waals surface area contributed by atoms with Gasteiger partial charge in [0.25, 0.3) is 5.91 Å². The highest BCUT2D eigenvalue weighted by atomic mass is 16.6. The van der Waals surface area contributed by atoms with Crippen LogP contribution in [0.5, 0.6) is 0 Å². The van der Waals surface area contributed by atoms with Gasteiger partial charge in [-0.25, -0.2) is 4.79 Å². The first-order chi connectivity index (χ1) is 7.79. The minimum absolute atomic E-state index is 0.306. The summed E-state index contributed by atoms with van der Waals surface area (Å²) in [6.07, 6.45) is 1.47. The van der Waals surface area contributed by atoms with Crippen molar-refractivity contribution in [1.29, 1.82) is 0 Å². The van der Waals surface area contributed by atoms with Crippen molar-refractivity contribution in [2.75, 3.05) is 0 Å². The van der Waals surface area contributed by atoms with Gasteiger partial charge < -0.3 is 10.1 Å². The smallest absolute Gasteiger partial charge is 0.328 e. The number of ether oxygens (including phenoxy) is 1. The van der Waals surface area contributed by atoms with E-state index in [1.54, 1.807) is 27.7 Å². The molecule has 0 bridgehead atoms. The van der Waals surface area contributed by atoms with Crippen molar-refractivity contribution in [3.63, 3.8) is 0 Å². The van der Waals surface area contributed by atoms with E-state index < -0.39 is 17.6 Å². The first-order valence-corrected chi connectivity index (χ1v) is 5.33. The van der Waals surface area contributed by atoms with Crippen molar-refractivity contribution >= 4 is 11.9 Å². The summed E-state index contributed by atoms with van der Waals surface area (Å²) in [4.78, 5) is 23.2. The Balaban J connectivity index is 2.52. The van der Waals surface area contributed by atoms with Gasteiger partial charge in [-0.05, 0) is 33.8 Å². The molecule has 0 spiro atoms. The molecule has 0 saturated carbocycles. The highest BCUT2D eigenvalue weighted by Gasteiger charge is 2.23. The van der Waals surface area contributed by atoms with Gasteiger partial charge in [-0.15, -0.1) is 0 Å². The lowest BCUT2D eigenvalue weighted by atomic mass is 10.2. The van der Waals surface area contributed by atoms with Gasteiger partial charge in [0, 0.05) is 6.20 Å². The number of carbonyl (C=O) groups is 2. The van der Waals surface area contributed by atoms with Crippen LogP contribution in [-0.2, 0) is 9.53 Å². The molecule has 1 aromatic rings. The fourth-order valence-electron chi connectivity index (χ4n) is 1.11. The normalized spacial score (nSPS) is 12.9. The second kappa shape index (κ2) is 4.99. The number of amides is 1. The molecule has 2 N–H and O–H groups in total. The fraction of sp³-hybridized carbons (Fsp3) is 0.545. The van der Waals surface area contributed by atoms with Crippen molar-refractivity contribution in [2.24, 2.45) is 0 Å². The van der Waals surface area contributed by atoms with Gasteiger partial charge in [0.05, 0.1) is 0 Å². The number of carbonyl (C=O) groups excluding carboxylic acids is 2. The van der Waals surface area contributed by atoms with Crippen LogP contribution in [0.4, 0.5) is 0 Å². The summed E-state index contributed by atoms with van der Waals surface area (Å²) >= 11 is 0. The highest BCUT2D eigenvalue weighted by Crippen LogP contribution is 2.08. The quantitative estimate of drug-likeness (QED) is 0.766. The van der Waals surface area contributed by atoms with E-state index in [0.29, 0.717) is 5.69 Å². The lowest BCUT2D eigenvalue weighted by molar-refractivity contribution is -0.156. The van der Waals surface area contributed by atoms with Crippen LogP contribution in [0.15, 0.2) is 12.3 Å². The highest BCUT2D eigenvalue weighted by molar-refractivity contribution is 5.94. The molecule has 94 valence electrons. The van der Waals surface area contributed by atoms with Crippen LogP contribution in [-0.4, -0.2) is 33.7 Å². The average molecular weight is 239 g/mol. The Bertz CT molecular complexity index is 393. The lowest BCUT2D eigenvalue weighted by Gasteiger charge is -2.22. The lowest BCUT2D eigenvalue weighted by Crippen LogP contribution is -2.42. The molecule has 1 aromatic heterocycles. The SMILES string of the molecule is C[C@@H](NC(=O)c1ccn[nH]1)C(=O)OC(C)(C)C. The van der Waals surface area contributed by atoms with E-state index in [1.807, 2.05) is 0 Å². The van der Waals surface area contributed by atoms with E-state index >= 15 is 0 Å². The van der Waals surface area contributed by atoms with Gasteiger partial charge in [-0.3, -0.25) is 9.89 Å². The molecule has 1 amide bonds. The standard InChI is InChI=1S/C11H17N3O3/c1-7(10(16)17-11(2,3)4)13-9(15)8-5-6-12-14-8/h5-7H,1-4H3,(H,12,14)(H,13,15)/t7-/m1/s1. The largest absolute Gasteiger partial charge is 0.458 e. The Morgan fingerprint density at radius 3 is 2.59 bits per heavy atom. The fourth-order valence-corrected chi connectivity index (χ4v) is 1.11. The molecule has 1 heterocycles. The summed E-state index contributed by atoms with van der Waals surface area (Å²) in [7, 11) is 0. The third-order valence-corrected chi connectivity index (χ3v) is 1.85. The van der Waals surface area contributed by atoms with Crippen LogP contribution in [0.25, 0.3) is 0 Å². The molecule has 0 radical (unpaired) electrons. The van der Waals surface area contributed by atoms with Crippen molar-refractivity contribution < 1.29 is 14.3 Å². The second-order valence-corrected chi connectivity index (χ2v) is 4.70. The number of nitrogens with one attached hydrogen (secondary N) is 2. The molecule has 1 rings (SSSR count). The predicted molar refractivity (Wildman–Crippen MR) is 61.4 cm³/mol. The summed E-state index contributed by atoms with van der Waals surface area (Å²) in [5.41, 5.74) is -0.259. The minimum Gasteiger partial charge on any atom is -0.458 e. The number of aromatic nitrogens is 2. The van der Waals surface area contributed by atoms with Gasteiger partial charge in [0.1, 0.15) is 17.3 Å². The maximum absolute atomic E-state index is 11.6. The molecule has 0 aliphatic carbocycles. The predicted octanol–water partition coefficient (Wildman–Crippen LogP) is 0.870. The summed E-state index contributed by atoms with van der Waals surface area (Å²) in [5.74, 6) is -0.855. The Kier molecular flexibility index (Phi) is 3.88. The average Bonchev–Trinajstić information content (AvgIpc) is 2.67. The zero-order chi connectivity index (χ0) is 13.1. The summed E-state index contributed by atoms with van der Waals surface area (Å²) in [5, 5.41) is 8.69. The molecular formula is C11H17N3O3. The minimum atomic E-state index is -0.704. The zero-order valence-electron chi connectivity index (χ0n) is 10.4. The van der Waals surface area contributed by atoms with Crippen LogP contribution >= 0.6 is 0 Å². The molecule has 0 saturated heterocycles. The van der Waals surface area contributed by atoms with E-state index in [2.05, 4.69) is 15.5 Å². The monoisotopic (exact) mass is 239 g/mol. The van der Waals surface area contributed by atoms with Crippen molar-refractivity contribution in [1.82, 2.24) is 15.5 Å². The number of H-pyrrole nitrogens is 1. The van der Waals surface area contributed by atoms with E-state index in [4.69, 9.17) is 4.74 Å². The Morgan fingerprint density at radius 1 is 1.47 bits per heavy atom.